The van der Waals surface area contributed by atoms with E-state index in [9.17, 15) is 8.78 Å². The zero-order chi connectivity index (χ0) is 8.91. The molecule has 0 aliphatic rings. The van der Waals surface area contributed by atoms with Crippen molar-refractivity contribution in [1.29, 1.82) is 0 Å². The second-order valence-electron chi connectivity index (χ2n) is 2.04. The zero-order valence-electron chi connectivity index (χ0n) is 6.19. The van der Waals surface area contributed by atoms with E-state index in [0.717, 1.165) is 5.75 Å². The molecule has 5 heteroatoms. The van der Waals surface area contributed by atoms with Crippen LogP contribution in [0.25, 0.3) is 0 Å². The molecule has 0 aliphatic carbocycles. The van der Waals surface area contributed by atoms with Crippen LogP contribution in [0.2, 0.25) is 0 Å². The van der Waals surface area contributed by atoms with Crippen LogP contribution >= 0.6 is 27.7 Å². The molecule has 0 saturated carbocycles. The quantitative estimate of drug-likeness (QED) is 0.596. The molecule has 0 aromatic heterocycles. The Balaban J connectivity index is 3.44. The highest BCUT2D eigenvalue weighted by atomic mass is 79.9. The molecule has 68 valence electrons. The van der Waals surface area contributed by atoms with Crippen molar-refractivity contribution in [2.45, 2.75) is 24.3 Å². The van der Waals surface area contributed by atoms with E-state index in [0.29, 0.717) is 5.75 Å². The smallest absolute Gasteiger partial charge is 0.326 e. The normalized spacial score (nSPS) is 15.0. The van der Waals surface area contributed by atoms with E-state index in [1.807, 2.05) is 6.92 Å². The minimum Gasteiger partial charge on any atom is -0.386 e. The van der Waals surface area contributed by atoms with Crippen molar-refractivity contribution in [3.8, 4) is 0 Å². The van der Waals surface area contributed by atoms with Gasteiger partial charge in [-0.25, -0.2) is 0 Å². The number of rotatable bonds is 5. The first-order valence-electron chi connectivity index (χ1n) is 3.31. The van der Waals surface area contributed by atoms with E-state index < -0.39 is 10.9 Å². The van der Waals surface area contributed by atoms with Gasteiger partial charge in [0, 0.05) is 0 Å². The highest BCUT2D eigenvalue weighted by Crippen LogP contribution is 2.28. The minimum absolute atomic E-state index is 0.122. The van der Waals surface area contributed by atoms with E-state index in [1.54, 1.807) is 0 Å². The van der Waals surface area contributed by atoms with Gasteiger partial charge in [-0.1, -0.05) is 6.92 Å². The fraction of sp³-hybridized carbons (Fsp3) is 1.00. The van der Waals surface area contributed by atoms with Crippen LogP contribution in [-0.2, 0) is 0 Å². The number of alkyl halides is 3. The fourth-order valence-electron chi connectivity index (χ4n) is 0.503. The van der Waals surface area contributed by atoms with Gasteiger partial charge in [0.25, 0.3) is 0 Å². The summed E-state index contributed by atoms with van der Waals surface area (Å²) in [6.07, 6.45) is -1.45. The van der Waals surface area contributed by atoms with Gasteiger partial charge in [-0.2, -0.15) is 20.5 Å². The molecule has 0 aromatic carbocycles. The van der Waals surface area contributed by atoms with Crippen LogP contribution in [0.1, 0.15) is 13.3 Å². The summed E-state index contributed by atoms with van der Waals surface area (Å²) >= 11 is 3.64. The number of aliphatic hydroxyl groups is 1. The average molecular weight is 249 g/mol. The number of hydrogen-bond donors (Lipinski definition) is 1. The van der Waals surface area contributed by atoms with Crippen LogP contribution in [0.4, 0.5) is 8.78 Å². The third-order valence-corrected chi connectivity index (χ3v) is 2.58. The molecule has 11 heavy (non-hydrogen) atoms. The van der Waals surface area contributed by atoms with Crippen molar-refractivity contribution < 1.29 is 13.9 Å². The molecule has 0 aliphatic heterocycles. The van der Waals surface area contributed by atoms with Crippen molar-refractivity contribution in [1.82, 2.24) is 0 Å². The van der Waals surface area contributed by atoms with Gasteiger partial charge in [-0.3, -0.25) is 0 Å². The molecule has 0 fully saturated rings. The van der Waals surface area contributed by atoms with E-state index >= 15 is 0 Å². The Morgan fingerprint density at radius 1 is 1.64 bits per heavy atom. The van der Waals surface area contributed by atoms with Crippen LogP contribution < -0.4 is 0 Å². The molecule has 0 spiro atoms. The van der Waals surface area contributed by atoms with Crippen molar-refractivity contribution in [2.75, 3.05) is 11.5 Å². The van der Waals surface area contributed by atoms with Gasteiger partial charge in [0.2, 0.25) is 0 Å². The molecular formula is C6H11BrF2OS. The monoisotopic (exact) mass is 248 g/mol. The summed E-state index contributed by atoms with van der Waals surface area (Å²) in [4.78, 5) is -3.14. The van der Waals surface area contributed by atoms with Gasteiger partial charge in [-0.15, -0.1) is 0 Å². The summed E-state index contributed by atoms with van der Waals surface area (Å²) in [7, 11) is 0. The molecule has 0 rings (SSSR count). The molecule has 0 aromatic rings. The molecule has 1 unspecified atom stereocenters. The standard InChI is InChI=1S/C6H11BrF2OS/c1-2-11-4-3-5(10)6(7,8)9/h5,10H,2-4H2,1H3. The van der Waals surface area contributed by atoms with Gasteiger partial charge in [0.1, 0.15) is 6.10 Å². The van der Waals surface area contributed by atoms with Crippen LogP contribution in [-0.4, -0.2) is 27.5 Å². The van der Waals surface area contributed by atoms with E-state index in [1.165, 1.54) is 11.8 Å². The summed E-state index contributed by atoms with van der Waals surface area (Å²) in [5, 5.41) is 8.80. The lowest BCUT2D eigenvalue weighted by molar-refractivity contribution is -0.0284. The molecule has 1 N–H and O–H groups in total. The van der Waals surface area contributed by atoms with Gasteiger partial charge in [0.05, 0.1) is 0 Å². The van der Waals surface area contributed by atoms with Gasteiger partial charge in [-0.05, 0) is 33.9 Å². The van der Waals surface area contributed by atoms with Crippen molar-refractivity contribution in [3.63, 3.8) is 0 Å². The van der Waals surface area contributed by atoms with E-state index in [2.05, 4.69) is 15.9 Å². The summed E-state index contributed by atoms with van der Waals surface area (Å²) in [6, 6.07) is 0. The lowest BCUT2D eigenvalue weighted by Gasteiger charge is -2.15. The summed E-state index contributed by atoms with van der Waals surface area (Å²) in [6.45, 7) is 1.95. The molecular weight excluding hydrogens is 238 g/mol. The maximum Gasteiger partial charge on any atom is 0.326 e. The van der Waals surface area contributed by atoms with Crippen LogP contribution in [0.3, 0.4) is 0 Å². The first kappa shape index (κ1) is 11.6. The molecule has 0 saturated heterocycles. The fourth-order valence-corrected chi connectivity index (χ4v) is 1.41. The van der Waals surface area contributed by atoms with Gasteiger partial charge in [0.15, 0.2) is 0 Å². The second kappa shape index (κ2) is 5.32. The predicted octanol–water partition coefficient (Wildman–Crippen LogP) is 2.48. The Kier molecular flexibility index (Phi) is 5.64. The Labute approximate surface area is 77.7 Å². The maximum atomic E-state index is 12.2. The Bertz CT molecular complexity index is 107. The van der Waals surface area contributed by atoms with Gasteiger partial charge < -0.3 is 5.11 Å². The van der Waals surface area contributed by atoms with Crippen LogP contribution in [0.15, 0.2) is 0 Å². The first-order chi connectivity index (χ1) is 4.98. The lowest BCUT2D eigenvalue weighted by atomic mass is 10.3. The van der Waals surface area contributed by atoms with Crippen LogP contribution in [0.5, 0.6) is 0 Å². The van der Waals surface area contributed by atoms with E-state index in [4.69, 9.17) is 5.11 Å². The number of aliphatic hydroxyl groups excluding tert-OH is 1. The highest BCUT2D eigenvalue weighted by Gasteiger charge is 2.33. The Morgan fingerprint density at radius 2 is 2.18 bits per heavy atom. The molecule has 0 amide bonds. The molecule has 0 heterocycles. The maximum absolute atomic E-state index is 12.2. The third-order valence-electron chi connectivity index (χ3n) is 1.12. The number of hydrogen-bond acceptors (Lipinski definition) is 2. The summed E-state index contributed by atoms with van der Waals surface area (Å²) in [5.74, 6) is 1.46. The second-order valence-corrected chi connectivity index (χ2v) is 4.49. The highest BCUT2D eigenvalue weighted by molar-refractivity contribution is 9.10. The average Bonchev–Trinajstić information content (AvgIpc) is 1.86. The van der Waals surface area contributed by atoms with E-state index in [-0.39, 0.29) is 6.42 Å². The third kappa shape index (κ3) is 5.87. The minimum atomic E-state index is -3.14. The zero-order valence-corrected chi connectivity index (χ0v) is 8.59. The number of thioether (sulfide) groups is 1. The SMILES string of the molecule is CCSCCC(O)C(F)(F)Br. The van der Waals surface area contributed by atoms with Crippen molar-refractivity contribution in [3.05, 3.63) is 0 Å². The summed E-state index contributed by atoms with van der Waals surface area (Å²) < 4.78 is 24.4. The topological polar surface area (TPSA) is 20.2 Å². The predicted molar refractivity (Wildman–Crippen MR) is 47.5 cm³/mol. The number of halogens is 3. The van der Waals surface area contributed by atoms with Crippen LogP contribution in [0, 0.1) is 0 Å². The largest absolute Gasteiger partial charge is 0.386 e. The Morgan fingerprint density at radius 3 is 2.55 bits per heavy atom. The Hall–Kier alpha value is 0.650. The molecule has 0 bridgehead atoms. The summed E-state index contributed by atoms with van der Waals surface area (Å²) in [5.41, 5.74) is 0. The lowest BCUT2D eigenvalue weighted by Crippen LogP contribution is -2.27. The molecule has 1 atom stereocenters. The molecule has 1 nitrogen and oxygen atoms in total. The first-order valence-corrected chi connectivity index (χ1v) is 5.25. The van der Waals surface area contributed by atoms with Crippen molar-refractivity contribution in [2.24, 2.45) is 0 Å². The molecule has 0 radical (unpaired) electrons. The van der Waals surface area contributed by atoms with Gasteiger partial charge >= 0.3 is 4.83 Å². The van der Waals surface area contributed by atoms with Crippen molar-refractivity contribution >= 4 is 27.7 Å².